The summed E-state index contributed by atoms with van der Waals surface area (Å²) in [5, 5.41) is 2.62. The molecule has 1 saturated heterocycles. The van der Waals surface area contributed by atoms with Gasteiger partial charge in [-0.15, -0.1) is 0 Å². The maximum absolute atomic E-state index is 13.5. The van der Waals surface area contributed by atoms with E-state index in [1.807, 2.05) is 20.8 Å². The van der Waals surface area contributed by atoms with Crippen LogP contribution in [0.2, 0.25) is 0 Å². The Morgan fingerprint density at radius 2 is 1.75 bits per heavy atom. The van der Waals surface area contributed by atoms with Crippen LogP contribution in [-0.2, 0) is 29.2 Å². The minimum Gasteiger partial charge on any atom is -0.363 e. The maximum atomic E-state index is 13.5. The summed E-state index contributed by atoms with van der Waals surface area (Å²) in [7, 11) is -3.69. The minimum absolute atomic E-state index is 0.0810. The molecule has 2 aliphatic rings. The first-order chi connectivity index (χ1) is 14.4. The van der Waals surface area contributed by atoms with Gasteiger partial charge < -0.3 is 16.0 Å². The summed E-state index contributed by atoms with van der Waals surface area (Å²) in [6.45, 7) is 11.4. The predicted octanol–water partition coefficient (Wildman–Crippen LogP) is -0.227. The first-order valence-electron chi connectivity index (χ1n) is 10.8. The fourth-order valence-electron chi connectivity index (χ4n) is 4.78. The Hall–Kier alpha value is -2.01. The number of hydrogen-bond acceptors (Lipinski definition) is 6. The van der Waals surface area contributed by atoms with Crippen LogP contribution in [0.4, 0.5) is 0 Å². The molecule has 0 aromatic carbocycles. The highest BCUT2D eigenvalue weighted by atomic mass is 32.2. The molecule has 1 heterocycles. The summed E-state index contributed by atoms with van der Waals surface area (Å²) < 4.78 is 26.2. The standard InChI is InChI=1S/C21H36N4O6S/c1-8-9-12(15(26)17(22)27)23-18(28)14-13-11(21(13,5)6)10-25(14)19(29)16(20(2,3)4)24-32(7,30)31/h11-14,16,24H,8-10H2,1-7H3,(H2,22,27)(H,23,28)/t11?,12?,13-,14-,16+/m0/s1. The van der Waals surface area contributed by atoms with E-state index in [4.69, 9.17) is 5.73 Å². The van der Waals surface area contributed by atoms with Gasteiger partial charge in [-0.25, -0.2) is 13.1 Å². The highest BCUT2D eigenvalue weighted by molar-refractivity contribution is 7.88. The van der Waals surface area contributed by atoms with Crippen LogP contribution in [0.1, 0.15) is 54.4 Å². The number of nitrogens with one attached hydrogen (secondary N) is 2. The fourth-order valence-corrected chi connectivity index (χ4v) is 5.66. The van der Waals surface area contributed by atoms with Crippen molar-refractivity contribution in [1.29, 1.82) is 0 Å². The average molecular weight is 473 g/mol. The molecule has 5 atom stereocenters. The molecule has 1 aliphatic heterocycles. The van der Waals surface area contributed by atoms with E-state index in [0.717, 1.165) is 6.26 Å². The Labute approximate surface area is 190 Å². The molecule has 0 radical (unpaired) electrons. The smallest absolute Gasteiger partial charge is 0.287 e. The van der Waals surface area contributed by atoms with Gasteiger partial charge in [0, 0.05) is 6.54 Å². The average Bonchev–Trinajstić information content (AvgIpc) is 2.99. The quantitative estimate of drug-likeness (QED) is 0.394. The van der Waals surface area contributed by atoms with Gasteiger partial charge in [-0.1, -0.05) is 48.0 Å². The summed E-state index contributed by atoms with van der Waals surface area (Å²) >= 11 is 0. The summed E-state index contributed by atoms with van der Waals surface area (Å²) in [5.74, 6) is -3.07. The second-order valence-electron chi connectivity index (χ2n) is 10.7. The van der Waals surface area contributed by atoms with E-state index in [1.165, 1.54) is 4.90 Å². The third-order valence-corrected chi connectivity index (χ3v) is 7.32. The molecular formula is C21H36N4O6S. The number of sulfonamides is 1. The van der Waals surface area contributed by atoms with E-state index in [-0.39, 0.29) is 23.7 Å². The molecule has 0 bridgehead atoms. The van der Waals surface area contributed by atoms with Crippen molar-refractivity contribution in [3.05, 3.63) is 0 Å². The molecular weight excluding hydrogens is 436 g/mol. The van der Waals surface area contributed by atoms with Gasteiger partial charge in [-0.2, -0.15) is 0 Å². The number of carbonyl (C=O) groups is 4. The number of primary amides is 1. The Kier molecular flexibility index (Phi) is 7.16. The lowest BCUT2D eigenvalue weighted by Gasteiger charge is -2.37. The molecule has 1 aliphatic carbocycles. The maximum Gasteiger partial charge on any atom is 0.287 e. The van der Waals surface area contributed by atoms with Crippen molar-refractivity contribution in [2.75, 3.05) is 12.8 Å². The van der Waals surface area contributed by atoms with Gasteiger partial charge in [0.2, 0.25) is 27.6 Å². The van der Waals surface area contributed by atoms with E-state index in [2.05, 4.69) is 10.0 Å². The number of carbonyl (C=O) groups excluding carboxylic acids is 4. The number of ketones is 1. The molecule has 0 aromatic rings. The normalized spacial score (nSPS) is 26.1. The van der Waals surface area contributed by atoms with Crippen molar-refractivity contribution < 1.29 is 27.6 Å². The number of piperidine rings is 1. The lowest BCUT2D eigenvalue weighted by Crippen LogP contribution is -2.60. The lowest BCUT2D eigenvalue weighted by atomic mass is 9.86. The highest BCUT2D eigenvalue weighted by Crippen LogP contribution is 2.65. The van der Waals surface area contributed by atoms with Gasteiger partial charge in [-0.05, 0) is 29.1 Å². The van der Waals surface area contributed by atoms with E-state index in [0.29, 0.717) is 13.0 Å². The Morgan fingerprint density at radius 3 is 2.19 bits per heavy atom. The monoisotopic (exact) mass is 472 g/mol. The zero-order valence-corrected chi connectivity index (χ0v) is 20.7. The van der Waals surface area contributed by atoms with Crippen LogP contribution >= 0.6 is 0 Å². The molecule has 2 rings (SSSR count). The third kappa shape index (κ3) is 5.31. The van der Waals surface area contributed by atoms with Crippen LogP contribution in [0.25, 0.3) is 0 Å². The number of fused-ring (bicyclic) bond motifs is 1. The summed E-state index contributed by atoms with van der Waals surface area (Å²) in [6, 6.07) is -2.99. The fraction of sp³-hybridized carbons (Fsp3) is 0.810. The molecule has 10 nitrogen and oxygen atoms in total. The molecule has 2 unspecified atom stereocenters. The lowest BCUT2D eigenvalue weighted by molar-refractivity contribution is -0.144. The van der Waals surface area contributed by atoms with Gasteiger partial charge >= 0.3 is 0 Å². The first kappa shape index (κ1) is 26.2. The van der Waals surface area contributed by atoms with Crippen molar-refractivity contribution in [2.45, 2.75) is 72.5 Å². The molecule has 1 saturated carbocycles. The Morgan fingerprint density at radius 1 is 1.19 bits per heavy atom. The predicted molar refractivity (Wildman–Crippen MR) is 119 cm³/mol. The molecule has 0 spiro atoms. The van der Waals surface area contributed by atoms with Crippen molar-refractivity contribution in [3.63, 3.8) is 0 Å². The molecule has 32 heavy (non-hydrogen) atoms. The van der Waals surface area contributed by atoms with E-state index in [1.54, 1.807) is 20.8 Å². The number of Topliss-reactive ketones (excluding diaryl/α,β-unsaturated/α-hetero) is 1. The molecule has 11 heteroatoms. The van der Waals surface area contributed by atoms with Gasteiger partial charge in [0.15, 0.2) is 0 Å². The first-order valence-corrected chi connectivity index (χ1v) is 12.7. The van der Waals surface area contributed by atoms with E-state index < -0.39 is 57.1 Å². The van der Waals surface area contributed by atoms with Crippen LogP contribution in [0, 0.1) is 22.7 Å². The Balaban J connectivity index is 2.35. The van der Waals surface area contributed by atoms with Gasteiger partial charge in [0.25, 0.3) is 5.91 Å². The molecule has 2 fully saturated rings. The number of nitrogens with two attached hydrogens (primary N) is 1. The summed E-state index contributed by atoms with van der Waals surface area (Å²) in [6.07, 6.45) is 1.77. The SMILES string of the molecule is CCCC(NC(=O)[C@@H]1[C@@H]2C(CN1C(=O)[C@@H](NS(C)(=O)=O)C(C)(C)C)C2(C)C)C(=O)C(N)=O. The molecule has 3 amide bonds. The van der Waals surface area contributed by atoms with E-state index >= 15 is 0 Å². The summed E-state index contributed by atoms with van der Waals surface area (Å²) in [4.78, 5) is 51.8. The van der Waals surface area contributed by atoms with E-state index in [9.17, 15) is 27.6 Å². The van der Waals surface area contributed by atoms with Crippen LogP contribution in [0.5, 0.6) is 0 Å². The van der Waals surface area contributed by atoms with Crippen LogP contribution in [-0.4, -0.2) is 67.7 Å². The van der Waals surface area contributed by atoms with Crippen molar-refractivity contribution in [2.24, 2.45) is 28.4 Å². The number of likely N-dealkylation sites (tertiary alicyclic amines) is 1. The van der Waals surface area contributed by atoms with Crippen LogP contribution in [0.3, 0.4) is 0 Å². The number of hydrogen-bond donors (Lipinski definition) is 3. The zero-order chi connectivity index (χ0) is 24.8. The van der Waals surface area contributed by atoms with Gasteiger partial charge in [0.05, 0.1) is 12.3 Å². The molecule has 4 N–H and O–H groups in total. The van der Waals surface area contributed by atoms with Crippen molar-refractivity contribution in [1.82, 2.24) is 14.9 Å². The van der Waals surface area contributed by atoms with Crippen molar-refractivity contribution >= 4 is 33.5 Å². The third-order valence-electron chi connectivity index (χ3n) is 6.66. The second-order valence-corrected chi connectivity index (χ2v) is 12.4. The highest BCUT2D eigenvalue weighted by Gasteiger charge is 2.69. The number of rotatable bonds is 9. The summed E-state index contributed by atoms with van der Waals surface area (Å²) in [5.41, 5.74) is 4.22. The zero-order valence-electron chi connectivity index (χ0n) is 19.9. The molecule has 182 valence electrons. The topological polar surface area (TPSA) is 156 Å². The van der Waals surface area contributed by atoms with Crippen LogP contribution < -0.4 is 15.8 Å². The Bertz CT molecular complexity index is 908. The number of nitrogens with zero attached hydrogens (tertiary/aromatic N) is 1. The second kappa shape index (κ2) is 8.74. The van der Waals surface area contributed by atoms with Crippen molar-refractivity contribution in [3.8, 4) is 0 Å². The largest absolute Gasteiger partial charge is 0.363 e. The molecule has 0 aromatic heterocycles. The van der Waals surface area contributed by atoms with Gasteiger partial charge in [-0.3, -0.25) is 19.2 Å². The number of amides is 3. The van der Waals surface area contributed by atoms with Gasteiger partial charge in [0.1, 0.15) is 12.1 Å². The minimum atomic E-state index is -3.69. The van der Waals surface area contributed by atoms with Crippen LogP contribution in [0.15, 0.2) is 0 Å².